The number of ether oxygens (including phenoxy) is 2. The third-order valence-corrected chi connectivity index (χ3v) is 4.91. The number of nitrogens with zero attached hydrogens (tertiary/aromatic N) is 3. The molecule has 26 heavy (non-hydrogen) atoms. The Kier molecular flexibility index (Phi) is 4.94. The van der Waals surface area contributed by atoms with Gasteiger partial charge in [0.1, 0.15) is 11.2 Å². The quantitative estimate of drug-likeness (QED) is 0.744. The molecule has 1 saturated heterocycles. The van der Waals surface area contributed by atoms with Gasteiger partial charge in [-0.3, -0.25) is 4.79 Å². The summed E-state index contributed by atoms with van der Waals surface area (Å²) in [7, 11) is 0. The highest BCUT2D eigenvalue weighted by Gasteiger charge is 2.12. The first-order valence-electron chi connectivity index (χ1n) is 8.33. The molecule has 0 atom stereocenters. The van der Waals surface area contributed by atoms with Gasteiger partial charge in [0.05, 0.1) is 18.6 Å². The molecule has 3 aromatic rings. The lowest BCUT2D eigenvalue weighted by molar-refractivity contribution is -0.118. The predicted molar refractivity (Wildman–Crippen MR) is 101 cm³/mol. The highest BCUT2D eigenvalue weighted by Crippen LogP contribution is 2.25. The normalized spacial score (nSPS) is 14.4. The molecule has 0 radical (unpaired) electrons. The van der Waals surface area contributed by atoms with Crippen molar-refractivity contribution in [1.82, 2.24) is 9.97 Å². The second kappa shape index (κ2) is 7.67. The fourth-order valence-corrected chi connectivity index (χ4v) is 3.51. The van der Waals surface area contributed by atoms with E-state index >= 15 is 0 Å². The Labute approximate surface area is 154 Å². The van der Waals surface area contributed by atoms with Crippen LogP contribution in [0.3, 0.4) is 0 Å². The Balaban J connectivity index is 1.33. The second-order valence-corrected chi connectivity index (χ2v) is 6.70. The zero-order chi connectivity index (χ0) is 17.8. The number of hydrogen-bond acceptors (Lipinski definition) is 7. The van der Waals surface area contributed by atoms with Gasteiger partial charge in [-0.05, 0) is 35.7 Å². The Morgan fingerprint density at radius 2 is 2.00 bits per heavy atom. The lowest BCUT2D eigenvalue weighted by Gasteiger charge is -2.28. The monoisotopic (exact) mass is 370 g/mol. The van der Waals surface area contributed by atoms with Crippen molar-refractivity contribution in [2.24, 2.45) is 0 Å². The Morgan fingerprint density at radius 3 is 2.81 bits per heavy atom. The number of hydrogen-bond donors (Lipinski definition) is 1. The van der Waals surface area contributed by atoms with Crippen LogP contribution in [-0.2, 0) is 9.53 Å². The second-order valence-electron chi connectivity index (χ2n) is 5.80. The van der Waals surface area contributed by atoms with Crippen LogP contribution in [0.1, 0.15) is 0 Å². The molecule has 1 aliphatic rings. The molecule has 1 aromatic carbocycles. The fraction of sp³-hybridized carbons (Fsp3) is 0.278. The van der Waals surface area contributed by atoms with Crippen LogP contribution in [-0.4, -0.2) is 48.8 Å². The maximum Gasteiger partial charge on any atom is 0.262 e. The molecule has 3 heterocycles. The Morgan fingerprint density at radius 1 is 1.19 bits per heavy atom. The number of aromatic nitrogens is 2. The van der Waals surface area contributed by atoms with E-state index < -0.39 is 0 Å². The van der Waals surface area contributed by atoms with Crippen molar-refractivity contribution < 1.29 is 14.3 Å². The molecule has 0 unspecified atom stereocenters. The van der Waals surface area contributed by atoms with Crippen LogP contribution in [0, 0.1) is 0 Å². The first kappa shape index (κ1) is 16.7. The van der Waals surface area contributed by atoms with Crippen LogP contribution < -0.4 is 15.0 Å². The van der Waals surface area contributed by atoms with Gasteiger partial charge in [0.15, 0.2) is 6.61 Å². The van der Waals surface area contributed by atoms with Crippen LogP contribution in [0.25, 0.3) is 10.2 Å². The third kappa shape index (κ3) is 3.76. The van der Waals surface area contributed by atoms with E-state index in [9.17, 15) is 4.79 Å². The van der Waals surface area contributed by atoms with Crippen LogP contribution in [0.15, 0.2) is 42.0 Å². The summed E-state index contributed by atoms with van der Waals surface area (Å²) in [6.45, 7) is 3.16. The topological polar surface area (TPSA) is 76.6 Å². The number of morpholine rings is 1. The number of thiophene rings is 1. The third-order valence-electron chi connectivity index (χ3n) is 4.09. The van der Waals surface area contributed by atoms with Crippen molar-refractivity contribution in [3.05, 3.63) is 42.0 Å². The van der Waals surface area contributed by atoms with Crippen molar-refractivity contribution in [2.45, 2.75) is 0 Å². The minimum absolute atomic E-state index is 0.104. The van der Waals surface area contributed by atoms with Crippen molar-refractivity contribution >= 4 is 38.8 Å². The van der Waals surface area contributed by atoms with Crippen LogP contribution in [0.4, 0.5) is 11.4 Å². The van der Waals surface area contributed by atoms with Gasteiger partial charge >= 0.3 is 0 Å². The van der Waals surface area contributed by atoms with E-state index in [1.165, 1.54) is 17.7 Å². The molecule has 7 nitrogen and oxygen atoms in total. The zero-order valence-electron chi connectivity index (χ0n) is 14.1. The van der Waals surface area contributed by atoms with Crippen molar-refractivity contribution in [2.75, 3.05) is 43.1 Å². The molecule has 8 heteroatoms. The van der Waals surface area contributed by atoms with Gasteiger partial charge in [0, 0.05) is 24.5 Å². The van der Waals surface area contributed by atoms with Gasteiger partial charge in [-0.2, -0.15) is 0 Å². The van der Waals surface area contributed by atoms with E-state index in [2.05, 4.69) is 20.2 Å². The van der Waals surface area contributed by atoms with Crippen LogP contribution >= 0.6 is 11.3 Å². The van der Waals surface area contributed by atoms with Crippen molar-refractivity contribution in [1.29, 1.82) is 0 Å². The maximum absolute atomic E-state index is 12.1. The Bertz CT molecular complexity index is 891. The van der Waals surface area contributed by atoms with Gasteiger partial charge < -0.3 is 19.7 Å². The van der Waals surface area contributed by atoms with E-state index in [1.807, 2.05) is 35.7 Å². The number of anilines is 2. The minimum Gasteiger partial charge on any atom is -0.467 e. The van der Waals surface area contributed by atoms with E-state index in [4.69, 9.17) is 9.47 Å². The fourth-order valence-electron chi connectivity index (χ4n) is 2.79. The number of benzene rings is 1. The summed E-state index contributed by atoms with van der Waals surface area (Å²) in [5.41, 5.74) is 1.86. The molecule has 0 saturated carbocycles. The largest absolute Gasteiger partial charge is 0.467 e. The first-order chi connectivity index (χ1) is 12.8. The van der Waals surface area contributed by atoms with Crippen molar-refractivity contribution in [3.8, 4) is 5.88 Å². The summed E-state index contributed by atoms with van der Waals surface area (Å²) >= 11 is 1.51. The number of rotatable bonds is 5. The van der Waals surface area contributed by atoms with Gasteiger partial charge in [0.2, 0.25) is 5.88 Å². The van der Waals surface area contributed by atoms with E-state index in [1.54, 1.807) is 0 Å². The lowest BCUT2D eigenvalue weighted by Crippen LogP contribution is -2.36. The van der Waals surface area contributed by atoms with E-state index in [0.29, 0.717) is 5.88 Å². The molecule has 2 aromatic heterocycles. The molecule has 1 aliphatic heterocycles. The van der Waals surface area contributed by atoms with Gasteiger partial charge in [-0.1, -0.05) is 0 Å². The highest BCUT2D eigenvalue weighted by molar-refractivity contribution is 7.16. The predicted octanol–water partition coefficient (Wildman–Crippen LogP) is 2.55. The average Bonchev–Trinajstić information content (AvgIpc) is 3.17. The number of carbonyl (C=O) groups excluding carboxylic acids is 1. The molecule has 0 aliphatic carbocycles. The lowest BCUT2D eigenvalue weighted by atomic mass is 10.2. The Hall–Kier alpha value is -2.71. The standard InChI is InChI=1S/C18H18N4O3S/c23-16(11-25-17-15-5-10-26-18(15)20-12-19-17)21-13-1-3-14(4-2-13)22-6-8-24-9-7-22/h1-5,10,12H,6-9,11H2,(H,21,23). The first-order valence-corrected chi connectivity index (χ1v) is 9.21. The molecule has 4 rings (SSSR count). The maximum atomic E-state index is 12.1. The zero-order valence-corrected chi connectivity index (χ0v) is 14.9. The summed E-state index contributed by atoms with van der Waals surface area (Å²) in [5.74, 6) is 0.195. The number of nitrogens with one attached hydrogen (secondary N) is 1. The molecular weight excluding hydrogens is 352 g/mol. The van der Waals surface area contributed by atoms with Crippen LogP contribution in [0.5, 0.6) is 5.88 Å². The molecule has 1 amide bonds. The highest BCUT2D eigenvalue weighted by atomic mass is 32.1. The summed E-state index contributed by atoms with van der Waals surface area (Å²) in [6, 6.07) is 9.68. The summed E-state index contributed by atoms with van der Waals surface area (Å²) in [6.07, 6.45) is 1.44. The van der Waals surface area contributed by atoms with Crippen molar-refractivity contribution in [3.63, 3.8) is 0 Å². The smallest absolute Gasteiger partial charge is 0.262 e. The molecule has 0 spiro atoms. The molecule has 0 bridgehead atoms. The van der Waals surface area contributed by atoms with Gasteiger partial charge in [0.25, 0.3) is 5.91 Å². The van der Waals surface area contributed by atoms with E-state index in [-0.39, 0.29) is 12.5 Å². The van der Waals surface area contributed by atoms with Crippen LogP contribution in [0.2, 0.25) is 0 Å². The molecule has 1 N–H and O–H groups in total. The number of carbonyl (C=O) groups is 1. The molecule has 134 valence electrons. The molecule has 1 fully saturated rings. The average molecular weight is 370 g/mol. The number of fused-ring (bicyclic) bond motifs is 1. The minimum atomic E-state index is -0.230. The summed E-state index contributed by atoms with van der Waals surface area (Å²) in [4.78, 5) is 23.5. The summed E-state index contributed by atoms with van der Waals surface area (Å²) in [5, 5.41) is 5.57. The molecular formula is C18H18N4O3S. The summed E-state index contributed by atoms with van der Waals surface area (Å²) < 4.78 is 10.9. The van der Waals surface area contributed by atoms with E-state index in [0.717, 1.165) is 47.9 Å². The van der Waals surface area contributed by atoms with Gasteiger partial charge in [-0.25, -0.2) is 9.97 Å². The SMILES string of the molecule is O=C(COc1ncnc2sccc12)Nc1ccc(N2CCOCC2)cc1. The van der Waals surface area contributed by atoms with Gasteiger partial charge in [-0.15, -0.1) is 11.3 Å². The number of amides is 1.